The lowest BCUT2D eigenvalue weighted by Gasteiger charge is -2.25. The van der Waals surface area contributed by atoms with Gasteiger partial charge in [-0.2, -0.15) is 0 Å². The SMILES string of the molecule is COCC(Oc1ccc(C(C)C)cc1OC)C(O)c1ccc(O)c(OC)c1. The van der Waals surface area contributed by atoms with E-state index in [0.29, 0.717) is 23.0 Å². The monoisotopic (exact) mass is 376 g/mol. The molecule has 148 valence electrons. The van der Waals surface area contributed by atoms with E-state index in [0.717, 1.165) is 5.56 Å². The molecule has 2 rings (SSSR count). The third-order valence-electron chi connectivity index (χ3n) is 4.36. The summed E-state index contributed by atoms with van der Waals surface area (Å²) in [6.07, 6.45) is -1.67. The van der Waals surface area contributed by atoms with Crippen molar-refractivity contribution in [2.45, 2.75) is 32.0 Å². The van der Waals surface area contributed by atoms with Crippen LogP contribution in [0, 0.1) is 0 Å². The zero-order chi connectivity index (χ0) is 20.0. The first kappa shape index (κ1) is 20.9. The fourth-order valence-electron chi connectivity index (χ4n) is 2.75. The van der Waals surface area contributed by atoms with Crippen molar-refractivity contribution in [2.24, 2.45) is 0 Å². The van der Waals surface area contributed by atoms with Crippen molar-refractivity contribution in [1.29, 1.82) is 0 Å². The Bertz CT molecular complexity index is 743. The molecule has 2 aromatic carbocycles. The third kappa shape index (κ3) is 5.05. The summed E-state index contributed by atoms with van der Waals surface area (Å²) in [5.74, 6) is 1.76. The summed E-state index contributed by atoms with van der Waals surface area (Å²) in [6.45, 7) is 4.37. The van der Waals surface area contributed by atoms with E-state index < -0.39 is 12.2 Å². The van der Waals surface area contributed by atoms with Crippen molar-refractivity contribution in [1.82, 2.24) is 0 Å². The number of aliphatic hydroxyl groups is 1. The molecule has 2 N–H and O–H groups in total. The second-order valence-electron chi connectivity index (χ2n) is 6.55. The van der Waals surface area contributed by atoms with E-state index >= 15 is 0 Å². The predicted molar refractivity (Wildman–Crippen MR) is 103 cm³/mol. The van der Waals surface area contributed by atoms with Gasteiger partial charge in [0.25, 0.3) is 0 Å². The molecule has 6 nitrogen and oxygen atoms in total. The average molecular weight is 376 g/mol. The van der Waals surface area contributed by atoms with Gasteiger partial charge in [0.2, 0.25) is 0 Å². The maximum absolute atomic E-state index is 10.8. The van der Waals surface area contributed by atoms with Gasteiger partial charge in [0, 0.05) is 7.11 Å². The molecule has 0 aliphatic rings. The van der Waals surface area contributed by atoms with Crippen molar-refractivity contribution >= 4 is 0 Å². The Morgan fingerprint density at radius 2 is 1.48 bits per heavy atom. The number of hydrogen-bond donors (Lipinski definition) is 2. The minimum Gasteiger partial charge on any atom is -0.504 e. The van der Waals surface area contributed by atoms with Crippen LogP contribution in [0.1, 0.15) is 37.0 Å². The number of benzene rings is 2. The van der Waals surface area contributed by atoms with Gasteiger partial charge >= 0.3 is 0 Å². The van der Waals surface area contributed by atoms with E-state index in [1.165, 1.54) is 13.2 Å². The molecule has 0 saturated heterocycles. The largest absolute Gasteiger partial charge is 0.504 e. The molecule has 0 radical (unpaired) electrons. The Balaban J connectivity index is 2.29. The number of phenolic OH excluding ortho intramolecular Hbond substituents is 1. The molecule has 2 aromatic rings. The molecular weight excluding hydrogens is 348 g/mol. The smallest absolute Gasteiger partial charge is 0.161 e. The van der Waals surface area contributed by atoms with Gasteiger partial charge in [-0.3, -0.25) is 0 Å². The summed E-state index contributed by atoms with van der Waals surface area (Å²) in [5.41, 5.74) is 1.68. The first-order chi connectivity index (χ1) is 12.9. The van der Waals surface area contributed by atoms with E-state index in [1.807, 2.05) is 18.2 Å². The van der Waals surface area contributed by atoms with Crippen LogP contribution in [-0.4, -0.2) is 44.3 Å². The van der Waals surface area contributed by atoms with Crippen LogP contribution >= 0.6 is 0 Å². The van der Waals surface area contributed by atoms with Crippen molar-refractivity contribution in [3.63, 3.8) is 0 Å². The van der Waals surface area contributed by atoms with Gasteiger partial charge in [0.15, 0.2) is 29.1 Å². The maximum Gasteiger partial charge on any atom is 0.161 e. The number of rotatable bonds is 9. The van der Waals surface area contributed by atoms with Crippen LogP contribution < -0.4 is 14.2 Å². The Morgan fingerprint density at radius 3 is 2.07 bits per heavy atom. The minimum absolute atomic E-state index is 0.00334. The van der Waals surface area contributed by atoms with Crippen molar-refractivity contribution in [2.75, 3.05) is 27.9 Å². The van der Waals surface area contributed by atoms with Crippen LogP contribution in [0.15, 0.2) is 36.4 Å². The molecule has 0 amide bonds. The fraction of sp³-hybridized carbons (Fsp3) is 0.429. The Hall–Kier alpha value is -2.44. The lowest BCUT2D eigenvalue weighted by atomic mass is 10.0. The first-order valence-corrected chi connectivity index (χ1v) is 8.79. The summed E-state index contributed by atoms with van der Waals surface area (Å²) in [4.78, 5) is 0. The number of ether oxygens (including phenoxy) is 4. The summed E-state index contributed by atoms with van der Waals surface area (Å²) in [5, 5.41) is 20.6. The van der Waals surface area contributed by atoms with Crippen LogP contribution in [-0.2, 0) is 4.74 Å². The van der Waals surface area contributed by atoms with Gasteiger partial charge < -0.3 is 29.2 Å². The van der Waals surface area contributed by atoms with Gasteiger partial charge in [-0.25, -0.2) is 0 Å². The van der Waals surface area contributed by atoms with E-state index in [4.69, 9.17) is 18.9 Å². The standard InChI is InChI=1S/C21H28O6/c1-13(2)14-7-9-17(19(10-14)26-5)27-20(12-24-3)21(23)15-6-8-16(22)18(11-15)25-4/h6-11,13,20-23H,12H2,1-5H3. The fourth-order valence-corrected chi connectivity index (χ4v) is 2.75. The van der Waals surface area contributed by atoms with Crippen LogP contribution in [0.2, 0.25) is 0 Å². The second kappa shape index (κ2) is 9.48. The van der Waals surface area contributed by atoms with E-state index in [9.17, 15) is 10.2 Å². The molecule has 0 heterocycles. The highest BCUT2D eigenvalue weighted by Gasteiger charge is 2.25. The molecule has 27 heavy (non-hydrogen) atoms. The highest BCUT2D eigenvalue weighted by Crippen LogP contribution is 2.35. The van der Waals surface area contributed by atoms with Gasteiger partial charge in [0.1, 0.15) is 6.10 Å². The van der Waals surface area contributed by atoms with Crippen molar-refractivity contribution in [3.05, 3.63) is 47.5 Å². The third-order valence-corrected chi connectivity index (χ3v) is 4.36. The minimum atomic E-state index is -0.992. The average Bonchev–Trinajstić information content (AvgIpc) is 2.67. The Morgan fingerprint density at radius 1 is 0.852 bits per heavy atom. The molecule has 6 heteroatoms. The molecule has 0 fully saturated rings. The van der Waals surface area contributed by atoms with E-state index in [1.54, 1.807) is 26.4 Å². The molecule has 0 spiro atoms. The molecular formula is C21H28O6. The van der Waals surface area contributed by atoms with E-state index in [2.05, 4.69) is 13.8 Å². The van der Waals surface area contributed by atoms with Gasteiger partial charge in [-0.1, -0.05) is 26.0 Å². The molecule has 2 atom stereocenters. The number of phenols is 1. The summed E-state index contributed by atoms with van der Waals surface area (Å²) in [6, 6.07) is 10.4. The number of methoxy groups -OCH3 is 3. The highest BCUT2D eigenvalue weighted by molar-refractivity contribution is 5.45. The number of aliphatic hydroxyl groups excluding tert-OH is 1. The molecule has 0 aliphatic carbocycles. The van der Waals surface area contributed by atoms with Gasteiger partial charge in [0.05, 0.1) is 20.8 Å². The zero-order valence-corrected chi connectivity index (χ0v) is 16.4. The molecule has 2 unspecified atom stereocenters. The predicted octanol–water partition coefficient (Wildman–Crippen LogP) is 3.66. The van der Waals surface area contributed by atoms with Crippen LogP contribution in [0.4, 0.5) is 0 Å². The highest BCUT2D eigenvalue weighted by atomic mass is 16.6. The lowest BCUT2D eigenvalue weighted by molar-refractivity contribution is -0.0133. The van der Waals surface area contributed by atoms with Crippen molar-refractivity contribution in [3.8, 4) is 23.0 Å². The number of hydrogen-bond acceptors (Lipinski definition) is 6. The quantitative estimate of drug-likeness (QED) is 0.695. The van der Waals surface area contributed by atoms with Crippen molar-refractivity contribution < 1.29 is 29.2 Å². The van der Waals surface area contributed by atoms with Crippen LogP contribution in [0.3, 0.4) is 0 Å². The van der Waals surface area contributed by atoms with E-state index in [-0.39, 0.29) is 18.1 Å². The molecule has 0 bridgehead atoms. The normalized spacial score (nSPS) is 13.3. The van der Waals surface area contributed by atoms with Gasteiger partial charge in [-0.15, -0.1) is 0 Å². The molecule has 0 aliphatic heterocycles. The van der Waals surface area contributed by atoms with Gasteiger partial charge in [-0.05, 0) is 41.3 Å². The van der Waals surface area contributed by atoms with Crippen LogP contribution in [0.5, 0.6) is 23.0 Å². The topological polar surface area (TPSA) is 77.4 Å². The maximum atomic E-state index is 10.8. The lowest BCUT2D eigenvalue weighted by Crippen LogP contribution is -2.30. The number of aromatic hydroxyl groups is 1. The molecule has 0 aromatic heterocycles. The Kier molecular flexibility index (Phi) is 7.33. The zero-order valence-electron chi connectivity index (χ0n) is 16.4. The Labute approximate surface area is 160 Å². The molecule has 0 saturated carbocycles. The summed E-state index contributed by atoms with van der Waals surface area (Å²) < 4.78 is 21.8. The van der Waals surface area contributed by atoms with Crippen LogP contribution in [0.25, 0.3) is 0 Å². The first-order valence-electron chi connectivity index (χ1n) is 8.79. The second-order valence-corrected chi connectivity index (χ2v) is 6.55. The summed E-state index contributed by atoms with van der Waals surface area (Å²) in [7, 11) is 4.58. The summed E-state index contributed by atoms with van der Waals surface area (Å²) >= 11 is 0.